The Morgan fingerprint density at radius 1 is 1.19 bits per heavy atom. The number of piperidine rings is 1. The monoisotopic (exact) mass is 439 g/mol. The number of amides is 1. The lowest BCUT2D eigenvalue weighted by atomic mass is 9.92. The molecule has 0 radical (unpaired) electrons. The van der Waals surface area contributed by atoms with E-state index in [1.54, 1.807) is 17.0 Å². The number of aromatic nitrogens is 1. The lowest BCUT2D eigenvalue weighted by Crippen LogP contribution is -2.42. The normalized spacial score (nSPS) is 16.9. The van der Waals surface area contributed by atoms with Gasteiger partial charge in [-0.25, -0.2) is 8.42 Å². The average Bonchev–Trinajstić information content (AvgIpc) is 2.78. The summed E-state index contributed by atoms with van der Waals surface area (Å²) in [6.45, 7) is 0.938. The van der Waals surface area contributed by atoms with Crippen molar-refractivity contribution in [2.75, 3.05) is 31.7 Å². The van der Waals surface area contributed by atoms with Crippen LogP contribution in [0.1, 0.15) is 24.5 Å². The van der Waals surface area contributed by atoms with Crippen LogP contribution >= 0.6 is 0 Å². The molecule has 1 aliphatic heterocycles. The average molecular weight is 440 g/mol. The minimum absolute atomic E-state index is 0.0222. The third kappa shape index (κ3) is 4.49. The van der Waals surface area contributed by atoms with E-state index in [1.807, 2.05) is 30.3 Å². The van der Waals surface area contributed by atoms with Gasteiger partial charge in [-0.3, -0.25) is 9.78 Å². The number of nitrogens with zero attached hydrogens (tertiary/aromatic N) is 2. The summed E-state index contributed by atoms with van der Waals surface area (Å²) >= 11 is 0. The molecule has 8 heteroatoms. The molecule has 0 spiro atoms. The fraction of sp³-hybridized carbons (Fsp3) is 0.304. The predicted octanol–water partition coefficient (Wildman–Crippen LogP) is 3.01. The molecular formula is C23H25N3O4S. The summed E-state index contributed by atoms with van der Waals surface area (Å²) < 4.78 is 30.5. The lowest BCUT2D eigenvalue weighted by Gasteiger charge is -2.33. The third-order valence-corrected chi connectivity index (χ3v) is 7.29. The second kappa shape index (κ2) is 8.55. The smallest absolute Gasteiger partial charge is 0.238 e. The minimum atomic E-state index is -3.74. The summed E-state index contributed by atoms with van der Waals surface area (Å²) in [5, 5.41) is 0.970. The van der Waals surface area contributed by atoms with E-state index in [0.717, 1.165) is 29.4 Å². The number of nitrogens with two attached hydrogens (primary N) is 1. The number of hydrogen-bond donors (Lipinski definition) is 1. The van der Waals surface area contributed by atoms with Gasteiger partial charge in [-0.05, 0) is 49.2 Å². The number of rotatable bonds is 5. The zero-order valence-electron chi connectivity index (χ0n) is 17.3. The van der Waals surface area contributed by atoms with Gasteiger partial charge in [0.25, 0.3) is 0 Å². The van der Waals surface area contributed by atoms with Gasteiger partial charge in [-0.15, -0.1) is 0 Å². The van der Waals surface area contributed by atoms with Gasteiger partial charge in [0.2, 0.25) is 5.91 Å². The number of para-hydroxylation sites is 1. The molecule has 1 aliphatic rings. The van der Waals surface area contributed by atoms with Crippen LogP contribution in [0.3, 0.4) is 0 Å². The van der Waals surface area contributed by atoms with Crippen LogP contribution in [0.25, 0.3) is 10.9 Å². The SMILES string of the molecule is COc1ccc(S(=O)(=O)CC(=O)N2CCCC(c3nc4ccccc4cc3N)C2)cc1. The molecule has 1 aromatic heterocycles. The van der Waals surface area contributed by atoms with Crippen molar-refractivity contribution in [2.45, 2.75) is 23.7 Å². The summed E-state index contributed by atoms with van der Waals surface area (Å²) in [5.74, 6) is -0.428. The van der Waals surface area contributed by atoms with Crippen LogP contribution in [-0.4, -0.2) is 50.2 Å². The Balaban J connectivity index is 1.50. The number of hydrogen-bond acceptors (Lipinski definition) is 6. The Labute approximate surface area is 181 Å². The van der Waals surface area contributed by atoms with Gasteiger partial charge in [0, 0.05) is 24.4 Å². The molecule has 2 N–H and O–H groups in total. The van der Waals surface area contributed by atoms with Crippen LogP contribution in [0.4, 0.5) is 5.69 Å². The minimum Gasteiger partial charge on any atom is -0.497 e. The maximum Gasteiger partial charge on any atom is 0.238 e. The topological polar surface area (TPSA) is 103 Å². The standard InChI is InChI=1S/C23H25N3O4S/c1-30-18-8-10-19(11-9-18)31(28,29)15-22(27)26-12-4-6-17(14-26)23-20(24)13-16-5-2-3-7-21(16)25-23/h2-3,5,7-11,13,17H,4,6,12,14-15,24H2,1H3. The van der Waals surface area contributed by atoms with Gasteiger partial charge >= 0.3 is 0 Å². The molecule has 162 valence electrons. The molecular weight excluding hydrogens is 414 g/mol. The Morgan fingerprint density at radius 3 is 2.68 bits per heavy atom. The molecule has 1 atom stereocenters. The highest BCUT2D eigenvalue weighted by Crippen LogP contribution is 2.31. The van der Waals surface area contributed by atoms with E-state index in [0.29, 0.717) is 24.5 Å². The molecule has 0 saturated carbocycles. The van der Waals surface area contributed by atoms with Crippen molar-refractivity contribution in [2.24, 2.45) is 0 Å². The maximum atomic E-state index is 12.9. The first-order chi connectivity index (χ1) is 14.9. The van der Waals surface area contributed by atoms with Gasteiger partial charge in [-0.1, -0.05) is 18.2 Å². The summed E-state index contributed by atoms with van der Waals surface area (Å²) in [4.78, 5) is 19.3. The van der Waals surface area contributed by atoms with Crippen molar-refractivity contribution in [1.82, 2.24) is 9.88 Å². The van der Waals surface area contributed by atoms with Gasteiger partial charge < -0.3 is 15.4 Å². The fourth-order valence-corrected chi connectivity index (χ4v) is 5.25. The molecule has 1 amide bonds. The van der Waals surface area contributed by atoms with Crippen LogP contribution in [-0.2, 0) is 14.6 Å². The molecule has 0 aliphatic carbocycles. The molecule has 1 unspecified atom stereocenters. The van der Waals surface area contributed by atoms with E-state index in [2.05, 4.69) is 0 Å². The molecule has 2 heterocycles. The predicted molar refractivity (Wildman–Crippen MR) is 120 cm³/mol. The first-order valence-corrected chi connectivity index (χ1v) is 11.8. The lowest BCUT2D eigenvalue weighted by molar-refractivity contribution is -0.129. The van der Waals surface area contributed by atoms with Crippen LogP contribution in [0.15, 0.2) is 59.5 Å². The van der Waals surface area contributed by atoms with Crippen molar-refractivity contribution in [3.05, 3.63) is 60.3 Å². The van der Waals surface area contributed by atoms with Gasteiger partial charge in [0.05, 0.1) is 28.9 Å². The van der Waals surface area contributed by atoms with Crippen molar-refractivity contribution < 1.29 is 17.9 Å². The highest BCUT2D eigenvalue weighted by atomic mass is 32.2. The molecule has 3 aromatic rings. The molecule has 1 saturated heterocycles. The van der Waals surface area contributed by atoms with Gasteiger partial charge in [0.15, 0.2) is 9.84 Å². The number of sulfone groups is 1. The quantitative estimate of drug-likeness (QED) is 0.656. The van der Waals surface area contributed by atoms with E-state index in [-0.39, 0.29) is 10.8 Å². The van der Waals surface area contributed by atoms with Gasteiger partial charge in [-0.2, -0.15) is 0 Å². The number of carbonyl (C=O) groups excluding carboxylic acids is 1. The summed E-state index contributed by atoms with van der Waals surface area (Å²) in [6.07, 6.45) is 1.62. The Hall–Kier alpha value is -3.13. The van der Waals surface area contributed by atoms with Crippen LogP contribution in [0.2, 0.25) is 0 Å². The van der Waals surface area contributed by atoms with E-state index < -0.39 is 21.5 Å². The van der Waals surface area contributed by atoms with E-state index in [1.165, 1.54) is 19.2 Å². The molecule has 2 aromatic carbocycles. The number of fused-ring (bicyclic) bond motifs is 1. The third-order valence-electron chi connectivity index (χ3n) is 5.68. The van der Waals surface area contributed by atoms with Crippen LogP contribution in [0.5, 0.6) is 5.75 Å². The zero-order chi connectivity index (χ0) is 22.0. The molecule has 7 nitrogen and oxygen atoms in total. The number of nitrogen functional groups attached to an aromatic ring is 1. The second-order valence-electron chi connectivity index (χ2n) is 7.77. The molecule has 4 rings (SSSR count). The van der Waals surface area contributed by atoms with Crippen molar-refractivity contribution in [1.29, 1.82) is 0 Å². The zero-order valence-corrected chi connectivity index (χ0v) is 18.1. The number of benzene rings is 2. The first-order valence-electron chi connectivity index (χ1n) is 10.2. The van der Waals surface area contributed by atoms with Crippen molar-refractivity contribution in [3.63, 3.8) is 0 Å². The van der Waals surface area contributed by atoms with Gasteiger partial charge in [0.1, 0.15) is 11.5 Å². The second-order valence-corrected chi connectivity index (χ2v) is 9.76. The number of pyridine rings is 1. The summed E-state index contributed by atoms with van der Waals surface area (Å²) in [5.41, 5.74) is 8.50. The highest BCUT2D eigenvalue weighted by molar-refractivity contribution is 7.92. The summed E-state index contributed by atoms with van der Waals surface area (Å²) in [7, 11) is -2.23. The number of carbonyl (C=O) groups is 1. The summed E-state index contributed by atoms with van der Waals surface area (Å²) in [6, 6.07) is 15.7. The number of ether oxygens (including phenoxy) is 1. The fourth-order valence-electron chi connectivity index (χ4n) is 4.02. The number of likely N-dealkylation sites (tertiary alicyclic amines) is 1. The molecule has 0 bridgehead atoms. The molecule has 31 heavy (non-hydrogen) atoms. The van der Waals surface area contributed by atoms with Crippen LogP contribution in [0, 0.1) is 0 Å². The van der Waals surface area contributed by atoms with Crippen LogP contribution < -0.4 is 10.5 Å². The number of anilines is 1. The number of methoxy groups -OCH3 is 1. The Bertz CT molecular complexity index is 1210. The van der Waals surface area contributed by atoms with E-state index in [4.69, 9.17) is 15.5 Å². The molecule has 1 fully saturated rings. The maximum absolute atomic E-state index is 12.9. The van der Waals surface area contributed by atoms with E-state index >= 15 is 0 Å². The highest BCUT2D eigenvalue weighted by Gasteiger charge is 2.30. The Morgan fingerprint density at radius 2 is 1.94 bits per heavy atom. The Kier molecular flexibility index (Phi) is 5.82. The largest absolute Gasteiger partial charge is 0.497 e. The van der Waals surface area contributed by atoms with E-state index in [9.17, 15) is 13.2 Å². The van der Waals surface area contributed by atoms with Crippen molar-refractivity contribution >= 4 is 32.3 Å². The first kappa shape index (κ1) is 21.1. The van der Waals surface area contributed by atoms with Crippen molar-refractivity contribution in [3.8, 4) is 5.75 Å².